The van der Waals surface area contributed by atoms with Gasteiger partial charge in [0.25, 0.3) is 0 Å². The summed E-state index contributed by atoms with van der Waals surface area (Å²) < 4.78 is 5.17. The van der Waals surface area contributed by atoms with Gasteiger partial charge in [0.15, 0.2) is 0 Å². The number of carbonyl (C=O) groups excluding carboxylic acids is 2. The molecule has 5 nitrogen and oxygen atoms in total. The molecule has 3 rings (SSSR count). The average Bonchev–Trinajstić information content (AvgIpc) is 3.36. The maximum atomic E-state index is 12.8. The molecular weight excluding hydrogens is 268 g/mol. The quantitative estimate of drug-likeness (QED) is 0.778. The Bertz CT molecular complexity index is 529. The third-order valence-electron chi connectivity index (χ3n) is 4.55. The minimum absolute atomic E-state index is 0.207. The van der Waals surface area contributed by atoms with E-state index in [1.165, 1.54) is 0 Å². The molecule has 1 aromatic rings. The number of piperazine rings is 1. The summed E-state index contributed by atoms with van der Waals surface area (Å²) in [5, 5.41) is 0. The van der Waals surface area contributed by atoms with Gasteiger partial charge in [0.2, 0.25) is 12.3 Å². The lowest BCUT2D eigenvalue weighted by molar-refractivity contribution is -0.137. The summed E-state index contributed by atoms with van der Waals surface area (Å²) in [4.78, 5) is 27.2. The van der Waals surface area contributed by atoms with Crippen molar-refractivity contribution in [3.8, 4) is 5.75 Å². The highest BCUT2D eigenvalue weighted by molar-refractivity contribution is 5.91. The van der Waals surface area contributed by atoms with Crippen LogP contribution in [0.1, 0.15) is 18.4 Å². The van der Waals surface area contributed by atoms with Gasteiger partial charge in [-0.15, -0.1) is 0 Å². The highest BCUT2D eigenvalue weighted by atomic mass is 16.5. The highest BCUT2D eigenvalue weighted by Gasteiger charge is 2.53. The van der Waals surface area contributed by atoms with Crippen LogP contribution >= 0.6 is 0 Å². The maximum Gasteiger partial charge on any atom is 0.233 e. The summed E-state index contributed by atoms with van der Waals surface area (Å²) in [7, 11) is 1.64. The zero-order valence-electron chi connectivity index (χ0n) is 12.2. The van der Waals surface area contributed by atoms with E-state index in [9.17, 15) is 9.59 Å². The summed E-state index contributed by atoms with van der Waals surface area (Å²) in [5.74, 6) is 1.01. The van der Waals surface area contributed by atoms with Crippen LogP contribution in [0.5, 0.6) is 5.75 Å². The Morgan fingerprint density at radius 3 is 2.24 bits per heavy atom. The smallest absolute Gasteiger partial charge is 0.233 e. The first-order chi connectivity index (χ1) is 10.2. The van der Waals surface area contributed by atoms with Gasteiger partial charge in [0.1, 0.15) is 5.75 Å². The Balaban J connectivity index is 1.72. The van der Waals surface area contributed by atoms with Crippen molar-refractivity contribution in [2.24, 2.45) is 0 Å². The number of hydrogen-bond acceptors (Lipinski definition) is 3. The van der Waals surface area contributed by atoms with Gasteiger partial charge < -0.3 is 14.5 Å². The van der Waals surface area contributed by atoms with Crippen LogP contribution in [0.3, 0.4) is 0 Å². The molecule has 1 saturated heterocycles. The highest BCUT2D eigenvalue weighted by Crippen LogP contribution is 2.50. The molecule has 0 spiro atoms. The lowest BCUT2D eigenvalue weighted by Gasteiger charge is -2.35. The molecule has 1 saturated carbocycles. The predicted octanol–water partition coefficient (Wildman–Crippen LogP) is 1.03. The molecule has 1 aromatic carbocycles. The first-order valence-electron chi connectivity index (χ1n) is 7.33. The number of carbonyl (C=O) groups is 2. The fourth-order valence-corrected chi connectivity index (χ4v) is 2.99. The van der Waals surface area contributed by atoms with Crippen LogP contribution in [0.4, 0.5) is 0 Å². The summed E-state index contributed by atoms with van der Waals surface area (Å²) in [5.41, 5.74) is 0.737. The zero-order chi connectivity index (χ0) is 14.9. The molecule has 1 heterocycles. The van der Waals surface area contributed by atoms with Crippen LogP contribution < -0.4 is 4.74 Å². The second kappa shape index (κ2) is 5.39. The van der Waals surface area contributed by atoms with E-state index in [1.807, 2.05) is 29.2 Å². The van der Waals surface area contributed by atoms with Gasteiger partial charge in [-0.1, -0.05) is 12.1 Å². The third kappa shape index (κ3) is 2.48. The van der Waals surface area contributed by atoms with E-state index in [0.717, 1.165) is 30.6 Å². The first kappa shape index (κ1) is 13.9. The van der Waals surface area contributed by atoms with E-state index in [1.54, 1.807) is 12.0 Å². The molecule has 1 aliphatic carbocycles. The Morgan fingerprint density at radius 1 is 1.14 bits per heavy atom. The number of hydrogen-bond donors (Lipinski definition) is 0. The van der Waals surface area contributed by atoms with Crippen molar-refractivity contribution in [2.45, 2.75) is 18.3 Å². The third-order valence-corrected chi connectivity index (χ3v) is 4.55. The fraction of sp³-hybridized carbons (Fsp3) is 0.500. The standard InChI is InChI=1S/C16H20N2O3/c1-21-14-4-2-13(3-5-14)16(6-7-16)15(20)18-10-8-17(12-19)9-11-18/h2-5,12H,6-11H2,1H3. The van der Waals surface area contributed by atoms with Crippen molar-refractivity contribution < 1.29 is 14.3 Å². The van der Waals surface area contributed by atoms with Crippen molar-refractivity contribution in [3.63, 3.8) is 0 Å². The van der Waals surface area contributed by atoms with Crippen molar-refractivity contribution in [3.05, 3.63) is 29.8 Å². The van der Waals surface area contributed by atoms with Gasteiger partial charge in [-0.3, -0.25) is 9.59 Å². The topological polar surface area (TPSA) is 49.9 Å². The Hall–Kier alpha value is -2.04. The molecule has 2 fully saturated rings. The molecule has 1 aliphatic heterocycles. The molecule has 5 heteroatoms. The molecule has 112 valence electrons. The van der Waals surface area contributed by atoms with Crippen LogP contribution in [0.25, 0.3) is 0 Å². The van der Waals surface area contributed by atoms with E-state index < -0.39 is 0 Å². The molecule has 2 amide bonds. The summed E-state index contributed by atoms with van der Waals surface area (Å²) in [6, 6.07) is 7.80. The van der Waals surface area contributed by atoms with E-state index in [4.69, 9.17) is 4.74 Å². The van der Waals surface area contributed by atoms with E-state index in [-0.39, 0.29) is 11.3 Å². The molecule has 0 bridgehead atoms. The van der Waals surface area contributed by atoms with Crippen molar-refractivity contribution in [1.82, 2.24) is 9.80 Å². The monoisotopic (exact) mass is 288 g/mol. The van der Waals surface area contributed by atoms with E-state index in [2.05, 4.69) is 0 Å². The van der Waals surface area contributed by atoms with Crippen LogP contribution in [0.15, 0.2) is 24.3 Å². The average molecular weight is 288 g/mol. The van der Waals surface area contributed by atoms with E-state index in [0.29, 0.717) is 26.2 Å². The molecule has 2 aliphatic rings. The summed E-state index contributed by atoms with van der Waals surface area (Å²) in [6.45, 7) is 2.53. The molecule has 0 atom stereocenters. The van der Waals surface area contributed by atoms with Gasteiger partial charge in [-0.05, 0) is 30.5 Å². The number of methoxy groups -OCH3 is 1. The van der Waals surface area contributed by atoms with Gasteiger partial charge in [0, 0.05) is 26.2 Å². The second-order valence-electron chi connectivity index (χ2n) is 5.74. The fourth-order valence-electron chi connectivity index (χ4n) is 2.99. The second-order valence-corrected chi connectivity index (χ2v) is 5.74. The Labute approximate surface area is 124 Å². The Kier molecular flexibility index (Phi) is 3.57. The maximum absolute atomic E-state index is 12.8. The predicted molar refractivity (Wildman–Crippen MR) is 78.1 cm³/mol. The minimum Gasteiger partial charge on any atom is -0.497 e. The molecule has 0 aromatic heterocycles. The van der Waals surface area contributed by atoms with Gasteiger partial charge in [-0.25, -0.2) is 0 Å². The molecule has 21 heavy (non-hydrogen) atoms. The number of rotatable bonds is 4. The normalized spacial score (nSPS) is 20.0. The SMILES string of the molecule is COc1ccc(C2(C(=O)N3CCN(C=O)CC3)CC2)cc1. The summed E-state index contributed by atoms with van der Waals surface area (Å²) >= 11 is 0. The zero-order valence-corrected chi connectivity index (χ0v) is 12.2. The lowest BCUT2D eigenvalue weighted by atomic mass is 9.94. The van der Waals surface area contributed by atoms with Crippen LogP contribution in [-0.4, -0.2) is 55.4 Å². The number of benzene rings is 1. The molecule has 0 unspecified atom stereocenters. The van der Waals surface area contributed by atoms with Gasteiger partial charge in [-0.2, -0.15) is 0 Å². The van der Waals surface area contributed by atoms with Crippen molar-refractivity contribution in [2.75, 3.05) is 33.3 Å². The van der Waals surface area contributed by atoms with Crippen LogP contribution in [-0.2, 0) is 15.0 Å². The van der Waals surface area contributed by atoms with Crippen LogP contribution in [0, 0.1) is 0 Å². The summed E-state index contributed by atoms with van der Waals surface area (Å²) in [6.07, 6.45) is 2.68. The van der Waals surface area contributed by atoms with E-state index >= 15 is 0 Å². The molecular formula is C16H20N2O3. The Morgan fingerprint density at radius 2 is 1.76 bits per heavy atom. The largest absolute Gasteiger partial charge is 0.497 e. The van der Waals surface area contributed by atoms with Crippen molar-refractivity contribution >= 4 is 12.3 Å². The van der Waals surface area contributed by atoms with Crippen molar-refractivity contribution in [1.29, 1.82) is 0 Å². The number of ether oxygens (including phenoxy) is 1. The minimum atomic E-state index is -0.338. The molecule has 0 radical (unpaired) electrons. The van der Waals surface area contributed by atoms with Gasteiger partial charge >= 0.3 is 0 Å². The first-order valence-corrected chi connectivity index (χ1v) is 7.33. The van der Waals surface area contributed by atoms with Gasteiger partial charge in [0.05, 0.1) is 12.5 Å². The molecule has 0 N–H and O–H groups in total. The number of amides is 2. The van der Waals surface area contributed by atoms with Crippen LogP contribution in [0.2, 0.25) is 0 Å². The number of nitrogens with zero attached hydrogens (tertiary/aromatic N) is 2. The lowest BCUT2D eigenvalue weighted by Crippen LogP contribution is -2.51.